The largest absolute Gasteiger partial charge is 0.411 e. The van der Waals surface area contributed by atoms with Crippen LogP contribution in [-0.4, -0.2) is 11.4 Å². The molecule has 0 aliphatic rings. The van der Waals surface area contributed by atoms with Crippen LogP contribution in [0.25, 0.3) is 0 Å². The van der Waals surface area contributed by atoms with Crippen molar-refractivity contribution in [1.82, 2.24) is 0 Å². The van der Waals surface area contributed by atoms with Crippen molar-refractivity contribution in [2.24, 2.45) is 5.16 Å². The molecule has 0 aliphatic heterocycles. The zero-order valence-electron chi connectivity index (χ0n) is 6.19. The summed E-state index contributed by atoms with van der Waals surface area (Å²) in [5.74, 6) is 0. The fraction of sp³-hybridized carbons (Fsp3) is 0.125. The minimum atomic E-state index is 0. The Morgan fingerprint density at radius 2 is 2.00 bits per heavy atom. The summed E-state index contributed by atoms with van der Waals surface area (Å²) in [5, 5.41) is 11.2. The SMILES string of the molecule is Cc1ccccc1C=NO.Cl. The highest BCUT2D eigenvalue weighted by Crippen LogP contribution is 2.02. The highest BCUT2D eigenvalue weighted by atomic mass is 35.5. The molecular weight excluding hydrogens is 162 g/mol. The van der Waals surface area contributed by atoms with Gasteiger partial charge in [-0.05, 0) is 18.1 Å². The lowest BCUT2D eigenvalue weighted by Gasteiger charge is -1.94. The first kappa shape index (κ1) is 9.98. The van der Waals surface area contributed by atoms with E-state index in [1.165, 1.54) is 6.21 Å². The van der Waals surface area contributed by atoms with Gasteiger partial charge >= 0.3 is 0 Å². The molecule has 0 saturated heterocycles. The minimum absolute atomic E-state index is 0. The molecule has 11 heavy (non-hydrogen) atoms. The number of nitrogens with zero attached hydrogens (tertiary/aromatic N) is 1. The molecular formula is C8H10ClNO. The van der Waals surface area contributed by atoms with Gasteiger partial charge in [0.2, 0.25) is 0 Å². The Morgan fingerprint density at radius 3 is 2.55 bits per heavy atom. The van der Waals surface area contributed by atoms with Crippen molar-refractivity contribution in [3.8, 4) is 0 Å². The molecule has 0 heterocycles. The second-order valence-electron chi connectivity index (χ2n) is 2.10. The second kappa shape index (κ2) is 4.74. The first-order valence-electron chi connectivity index (χ1n) is 3.07. The Morgan fingerprint density at radius 1 is 1.36 bits per heavy atom. The van der Waals surface area contributed by atoms with E-state index >= 15 is 0 Å². The van der Waals surface area contributed by atoms with Crippen LogP contribution >= 0.6 is 12.4 Å². The monoisotopic (exact) mass is 171 g/mol. The molecule has 0 amide bonds. The van der Waals surface area contributed by atoms with Crippen molar-refractivity contribution >= 4 is 18.6 Å². The molecule has 0 aromatic heterocycles. The summed E-state index contributed by atoms with van der Waals surface area (Å²) in [6.45, 7) is 1.97. The van der Waals surface area contributed by atoms with Crippen molar-refractivity contribution < 1.29 is 5.21 Å². The van der Waals surface area contributed by atoms with E-state index in [9.17, 15) is 0 Å². The average Bonchev–Trinajstić information content (AvgIpc) is 1.94. The normalized spacial score (nSPS) is 9.55. The van der Waals surface area contributed by atoms with E-state index in [4.69, 9.17) is 5.21 Å². The molecule has 0 spiro atoms. The molecule has 0 radical (unpaired) electrons. The first-order chi connectivity index (χ1) is 4.84. The van der Waals surface area contributed by atoms with E-state index in [0.717, 1.165) is 11.1 Å². The molecule has 0 saturated carbocycles. The van der Waals surface area contributed by atoms with Gasteiger partial charge in [0.25, 0.3) is 0 Å². The van der Waals surface area contributed by atoms with Crippen molar-refractivity contribution in [2.75, 3.05) is 0 Å². The van der Waals surface area contributed by atoms with Gasteiger partial charge in [-0.3, -0.25) is 0 Å². The van der Waals surface area contributed by atoms with Crippen molar-refractivity contribution in [2.45, 2.75) is 6.92 Å². The van der Waals surface area contributed by atoms with Crippen LogP contribution in [0.3, 0.4) is 0 Å². The smallest absolute Gasteiger partial charge is 0.0736 e. The van der Waals surface area contributed by atoms with Crippen molar-refractivity contribution in [3.63, 3.8) is 0 Å². The molecule has 1 aromatic carbocycles. The summed E-state index contributed by atoms with van der Waals surface area (Å²) in [5.41, 5.74) is 2.06. The molecule has 0 bridgehead atoms. The molecule has 1 aromatic rings. The molecule has 3 heteroatoms. The zero-order valence-corrected chi connectivity index (χ0v) is 7.01. The number of benzene rings is 1. The number of halogens is 1. The highest BCUT2D eigenvalue weighted by molar-refractivity contribution is 5.85. The zero-order chi connectivity index (χ0) is 7.40. The van der Waals surface area contributed by atoms with Gasteiger partial charge in [0.05, 0.1) is 6.21 Å². The molecule has 0 unspecified atom stereocenters. The maximum Gasteiger partial charge on any atom is 0.0736 e. The second-order valence-corrected chi connectivity index (χ2v) is 2.10. The van der Waals surface area contributed by atoms with E-state index in [1.807, 2.05) is 31.2 Å². The van der Waals surface area contributed by atoms with E-state index in [0.29, 0.717) is 0 Å². The summed E-state index contributed by atoms with van der Waals surface area (Å²) in [6, 6.07) is 7.72. The van der Waals surface area contributed by atoms with Gasteiger partial charge in [0.1, 0.15) is 0 Å². The quantitative estimate of drug-likeness (QED) is 0.392. The van der Waals surface area contributed by atoms with Crippen LogP contribution in [0.1, 0.15) is 11.1 Å². The van der Waals surface area contributed by atoms with E-state index in [1.54, 1.807) is 0 Å². The van der Waals surface area contributed by atoms with Gasteiger partial charge in [0, 0.05) is 0 Å². The van der Waals surface area contributed by atoms with Gasteiger partial charge in [-0.15, -0.1) is 12.4 Å². The first-order valence-corrected chi connectivity index (χ1v) is 3.07. The van der Waals surface area contributed by atoms with Gasteiger partial charge in [-0.25, -0.2) is 0 Å². The van der Waals surface area contributed by atoms with Gasteiger partial charge < -0.3 is 5.21 Å². The molecule has 0 aliphatic carbocycles. The Kier molecular flexibility index (Phi) is 4.30. The standard InChI is InChI=1S/C8H9NO.ClH/c1-7-4-2-3-5-8(7)6-9-10;/h2-6,10H,1H3;1H. The van der Waals surface area contributed by atoms with Crippen molar-refractivity contribution in [1.29, 1.82) is 0 Å². The topological polar surface area (TPSA) is 32.6 Å². The summed E-state index contributed by atoms with van der Waals surface area (Å²) in [7, 11) is 0. The molecule has 0 fully saturated rings. The number of hydrogen-bond donors (Lipinski definition) is 1. The number of hydrogen-bond acceptors (Lipinski definition) is 2. The number of oxime groups is 1. The van der Waals surface area contributed by atoms with Crippen LogP contribution in [0.15, 0.2) is 29.4 Å². The molecule has 1 N–H and O–H groups in total. The van der Waals surface area contributed by atoms with Crippen LogP contribution in [0, 0.1) is 6.92 Å². The van der Waals surface area contributed by atoms with Crippen molar-refractivity contribution in [3.05, 3.63) is 35.4 Å². The fourth-order valence-electron chi connectivity index (χ4n) is 0.794. The van der Waals surface area contributed by atoms with Crippen LogP contribution in [-0.2, 0) is 0 Å². The van der Waals surface area contributed by atoms with Crippen LogP contribution in [0.4, 0.5) is 0 Å². The fourth-order valence-corrected chi connectivity index (χ4v) is 0.794. The predicted octanol–water partition coefficient (Wildman–Crippen LogP) is 2.22. The number of aryl methyl sites for hydroxylation is 1. The van der Waals surface area contributed by atoms with E-state index < -0.39 is 0 Å². The number of rotatable bonds is 1. The lowest BCUT2D eigenvalue weighted by atomic mass is 10.1. The summed E-state index contributed by atoms with van der Waals surface area (Å²) in [4.78, 5) is 0. The third kappa shape index (κ3) is 2.60. The van der Waals surface area contributed by atoms with Crippen LogP contribution in [0.5, 0.6) is 0 Å². The Bertz CT molecular complexity index is 248. The average molecular weight is 172 g/mol. The maximum atomic E-state index is 8.21. The summed E-state index contributed by atoms with van der Waals surface area (Å²) >= 11 is 0. The molecule has 2 nitrogen and oxygen atoms in total. The maximum absolute atomic E-state index is 8.21. The summed E-state index contributed by atoms with van der Waals surface area (Å²) in [6.07, 6.45) is 1.43. The van der Waals surface area contributed by atoms with Crippen LogP contribution < -0.4 is 0 Å². The van der Waals surface area contributed by atoms with Gasteiger partial charge in [-0.1, -0.05) is 29.4 Å². The third-order valence-electron chi connectivity index (χ3n) is 1.39. The lowest BCUT2D eigenvalue weighted by molar-refractivity contribution is 0.322. The minimum Gasteiger partial charge on any atom is -0.411 e. The van der Waals surface area contributed by atoms with Gasteiger partial charge in [-0.2, -0.15) is 0 Å². The Labute approximate surface area is 72.0 Å². The molecule has 1 rings (SSSR count). The third-order valence-corrected chi connectivity index (χ3v) is 1.39. The Hall–Kier alpha value is -1.02. The van der Waals surface area contributed by atoms with E-state index in [-0.39, 0.29) is 12.4 Å². The Balaban J connectivity index is 0.000001000. The predicted molar refractivity (Wildman–Crippen MR) is 47.8 cm³/mol. The van der Waals surface area contributed by atoms with Gasteiger partial charge in [0.15, 0.2) is 0 Å². The highest BCUT2D eigenvalue weighted by Gasteiger charge is 1.89. The van der Waals surface area contributed by atoms with E-state index in [2.05, 4.69) is 5.16 Å². The summed E-state index contributed by atoms with van der Waals surface area (Å²) < 4.78 is 0. The lowest BCUT2D eigenvalue weighted by Crippen LogP contribution is -1.84. The molecule has 60 valence electrons. The van der Waals surface area contributed by atoms with Crippen LogP contribution in [0.2, 0.25) is 0 Å². The molecule has 0 atom stereocenters.